The molecule has 3 rings (SSSR count). The molecule has 0 saturated carbocycles. The van der Waals surface area contributed by atoms with Crippen molar-refractivity contribution in [3.63, 3.8) is 0 Å². The number of aromatic nitrogens is 1. The Morgan fingerprint density at radius 3 is 2.45 bits per heavy atom. The maximum absolute atomic E-state index is 12.4. The molecule has 0 unspecified atom stereocenters. The number of hydrogen-bond acceptors (Lipinski definition) is 4. The van der Waals surface area contributed by atoms with Crippen molar-refractivity contribution in [2.24, 2.45) is 0 Å². The van der Waals surface area contributed by atoms with E-state index in [2.05, 4.69) is 0 Å². The minimum absolute atomic E-state index is 0.0619. The van der Waals surface area contributed by atoms with Gasteiger partial charge in [-0.2, -0.15) is 0 Å². The van der Waals surface area contributed by atoms with E-state index in [0.29, 0.717) is 5.69 Å². The second-order valence-corrected chi connectivity index (χ2v) is 4.52. The van der Waals surface area contributed by atoms with E-state index >= 15 is 0 Å². The zero-order chi connectivity index (χ0) is 14.3. The molecule has 0 saturated heterocycles. The highest BCUT2D eigenvalue weighted by molar-refractivity contribution is 5.77. The second-order valence-electron chi connectivity index (χ2n) is 4.52. The quantitative estimate of drug-likeness (QED) is 0.733. The molecule has 0 spiro atoms. The molecule has 0 radical (unpaired) electrons. The highest BCUT2D eigenvalue weighted by atomic mass is 16.4. The fourth-order valence-corrected chi connectivity index (χ4v) is 2.03. The van der Waals surface area contributed by atoms with Crippen molar-refractivity contribution in [2.45, 2.75) is 6.92 Å². The molecular formula is C15H11NO4. The number of aromatic hydroxyl groups is 1. The van der Waals surface area contributed by atoms with Gasteiger partial charge >= 0.3 is 5.76 Å². The van der Waals surface area contributed by atoms with Gasteiger partial charge in [0.05, 0.1) is 11.1 Å². The van der Waals surface area contributed by atoms with Crippen molar-refractivity contribution in [1.82, 2.24) is 4.57 Å². The Hall–Kier alpha value is -2.82. The smallest absolute Gasteiger partial charge is 0.426 e. The summed E-state index contributed by atoms with van der Waals surface area (Å²) in [4.78, 5) is 24.3. The fraction of sp³-hybridized carbons (Fsp3) is 0.0667. The number of phenolic OH excluding ortho intramolecular Hbond substituents is 1. The molecule has 20 heavy (non-hydrogen) atoms. The first-order valence-electron chi connectivity index (χ1n) is 6.02. The van der Waals surface area contributed by atoms with Gasteiger partial charge in [-0.15, -0.1) is 0 Å². The van der Waals surface area contributed by atoms with Gasteiger partial charge in [-0.1, -0.05) is 17.7 Å². The molecule has 0 aliphatic rings. The molecule has 0 atom stereocenters. The maximum atomic E-state index is 12.4. The van der Waals surface area contributed by atoms with Gasteiger partial charge in [0.25, 0.3) is 5.56 Å². The van der Waals surface area contributed by atoms with Crippen molar-refractivity contribution in [1.29, 1.82) is 0 Å². The normalized spacial score (nSPS) is 10.8. The van der Waals surface area contributed by atoms with E-state index in [4.69, 9.17) is 4.42 Å². The van der Waals surface area contributed by atoms with Crippen LogP contribution < -0.4 is 11.3 Å². The molecular weight excluding hydrogens is 258 g/mol. The molecule has 100 valence electrons. The van der Waals surface area contributed by atoms with Gasteiger partial charge in [0, 0.05) is 6.07 Å². The lowest BCUT2D eigenvalue weighted by Crippen LogP contribution is -2.30. The van der Waals surface area contributed by atoms with E-state index in [1.807, 2.05) is 19.1 Å². The van der Waals surface area contributed by atoms with Crippen LogP contribution in [0.4, 0.5) is 0 Å². The minimum atomic E-state index is -0.781. The molecule has 5 nitrogen and oxygen atoms in total. The summed E-state index contributed by atoms with van der Waals surface area (Å²) in [6.45, 7) is 1.91. The summed E-state index contributed by atoms with van der Waals surface area (Å²) in [6, 6.07) is 11.0. The monoisotopic (exact) mass is 269 g/mol. The van der Waals surface area contributed by atoms with Gasteiger partial charge in [0.2, 0.25) is 0 Å². The van der Waals surface area contributed by atoms with E-state index in [-0.39, 0.29) is 16.7 Å². The van der Waals surface area contributed by atoms with Crippen molar-refractivity contribution < 1.29 is 9.52 Å². The zero-order valence-electron chi connectivity index (χ0n) is 10.7. The Labute approximate surface area is 113 Å². The van der Waals surface area contributed by atoms with Crippen LogP contribution in [0.1, 0.15) is 5.56 Å². The first kappa shape index (κ1) is 12.2. The Kier molecular flexibility index (Phi) is 2.68. The van der Waals surface area contributed by atoms with Crippen LogP contribution in [-0.4, -0.2) is 9.67 Å². The molecule has 1 N–H and O–H groups in total. The van der Waals surface area contributed by atoms with Crippen LogP contribution in [-0.2, 0) is 0 Å². The van der Waals surface area contributed by atoms with Crippen LogP contribution in [0.15, 0.2) is 56.5 Å². The minimum Gasteiger partial charge on any atom is -0.508 e. The molecule has 0 amide bonds. The Bertz CT molecular complexity index is 904. The summed E-state index contributed by atoms with van der Waals surface area (Å²) in [6.07, 6.45) is 0. The third-order valence-corrected chi connectivity index (χ3v) is 3.07. The summed E-state index contributed by atoms with van der Waals surface area (Å²) < 4.78 is 6.06. The van der Waals surface area contributed by atoms with Crippen LogP contribution in [0.3, 0.4) is 0 Å². The first-order valence-corrected chi connectivity index (χ1v) is 6.02. The number of aryl methyl sites for hydroxylation is 1. The van der Waals surface area contributed by atoms with Gasteiger partial charge in [-0.25, -0.2) is 9.36 Å². The van der Waals surface area contributed by atoms with E-state index in [9.17, 15) is 14.7 Å². The molecule has 0 aliphatic carbocycles. The predicted octanol–water partition coefficient (Wildman–Crippen LogP) is 1.96. The Morgan fingerprint density at radius 2 is 1.75 bits per heavy atom. The van der Waals surface area contributed by atoms with Crippen LogP contribution in [0, 0.1) is 6.92 Å². The molecule has 1 aromatic heterocycles. The first-order chi connectivity index (χ1) is 9.56. The third-order valence-electron chi connectivity index (χ3n) is 3.07. The predicted molar refractivity (Wildman–Crippen MR) is 74.5 cm³/mol. The topological polar surface area (TPSA) is 72.4 Å². The summed E-state index contributed by atoms with van der Waals surface area (Å²) in [5, 5.41) is 9.60. The van der Waals surface area contributed by atoms with Crippen LogP contribution in [0.25, 0.3) is 16.7 Å². The maximum Gasteiger partial charge on any atom is 0.426 e. The highest BCUT2D eigenvalue weighted by Gasteiger charge is 2.11. The average molecular weight is 269 g/mol. The van der Waals surface area contributed by atoms with Crippen molar-refractivity contribution in [3.05, 3.63) is 68.9 Å². The molecule has 0 aliphatic heterocycles. The number of hydrogen-bond donors (Lipinski definition) is 1. The molecule has 2 aromatic carbocycles. The summed E-state index contributed by atoms with van der Waals surface area (Å²) in [7, 11) is 0. The number of nitrogens with zero attached hydrogens (tertiary/aromatic N) is 1. The Morgan fingerprint density at radius 1 is 1.05 bits per heavy atom. The van der Waals surface area contributed by atoms with Gasteiger partial charge in [0.1, 0.15) is 11.3 Å². The second kappa shape index (κ2) is 4.38. The van der Waals surface area contributed by atoms with Crippen LogP contribution >= 0.6 is 0 Å². The third kappa shape index (κ3) is 1.89. The van der Waals surface area contributed by atoms with E-state index in [1.54, 1.807) is 12.1 Å². The van der Waals surface area contributed by atoms with Crippen molar-refractivity contribution >= 4 is 11.0 Å². The number of phenols is 1. The molecule has 5 heteroatoms. The van der Waals surface area contributed by atoms with Crippen molar-refractivity contribution in [3.8, 4) is 11.4 Å². The zero-order valence-corrected chi connectivity index (χ0v) is 10.7. The van der Waals surface area contributed by atoms with Crippen molar-refractivity contribution in [2.75, 3.05) is 0 Å². The van der Waals surface area contributed by atoms with Crippen LogP contribution in [0.5, 0.6) is 5.75 Å². The highest BCUT2D eigenvalue weighted by Crippen LogP contribution is 2.16. The van der Waals surface area contributed by atoms with E-state index in [1.165, 1.54) is 18.2 Å². The van der Waals surface area contributed by atoms with Gasteiger partial charge in [-0.05, 0) is 31.2 Å². The molecule has 0 bridgehead atoms. The summed E-state index contributed by atoms with van der Waals surface area (Å²) in [5.41, 5.74) is 1.07. The largest absolute Gasteiger partial charge is 0.508 e. The number of rotatable bonds is 1. The van der Waals surface area contributed by atoms with Gasteiger partial charge < -0.3 is 9.52 Å². The standard InChI is InChI=1S/C15H11NO4/c1-9-2-4-10(5-3-9)16-14(18)12-7-6-11(17)8-13(12)20-15(16)19/h2-8,17H,1H3. The lowest BCUT2D eigenvalue weighted by molar-refractivity contribution is 0.469. The number of fused-ring (bicyclic) bond motifs is 1. The summed E-state index contributed by atoms with van der Waals surface area (Å²) in [5.74, 6) is -0.843. The molecule has 1 heterocycles. The van der Waals surface area contributed by atoms with E-state index < -0.39 is 11.3 Å². The molecule has 0 fully saturated rings. The van der Waals surface area contributed by atoms with Gasteiger partial charge in [-0.3, -0.25) is 4.79 Å². The van der Waals surface area contributed by atoms with Crippen LogP contribution in [0.2, 0.25) is 0 Å². The summed E-state index contributed by atoms with van der Waals surface area (Å²) >= 11 is 0. The lowest BCUT2D eigenvalue weighted by atomic mass is 10.2. The Balaban J connectivity index is 2.37. The fourth-order valence-electron chi connectivity index (χ4n) is 2.03. The lowest BCUT2D eigenvalue weighted by Gasteiger charge is -2.05. The SMILES string of the molecule is Cc1ccc(-n2c(=O)oc3cc(O)ccc3c2=O)cc1. The molecule has 3 aromatic rings. The average Bonchev–Trinajstić information content (AvgIpc) is 2.40. The van der Waals surface area contributed by atoms with Gasteiger partial charge in [0.15, 0.2) is 0 Å². The number of benzene rings is 2. The van der Waals surface area contributed by atoms with E-state index in [0.717, 1.165) is 10.1 Å².